The number of nitrogens with zero attached hydrogens (tertiary/aromatic N) is 1. The number of hydrogen-bond acceptors (Lipinski definition) is 4. The van der Waals surface area contributed by atoms with Crippen molar-refractivity contribution in [2.24, 2.45) is 0 Å². The predicted molar refractivity (Wildman–Crippen MR) is 103 cm³/mol. The molecule has 1 amide bonds. The zero-order valence-electron chi connectivity index (χ0n) is 15.4. The van der Waals surface area contributed by atoms with Crippen molar-refractivity contribution in [3.05, 3.63) is 75.6 Å². The van der Waals surface area contributed by atoms with E-state index in [0.717, 1.165) is 24.2 Å². The Hall–Kier alpha value is -3.08. The Morgan fingerprint density at radius 3 is 2.56 bits per heavy atom. The van der Waals surface area contributed by atoms with Crippen LogP contribution in [0.1, 0.15) is 47.5 Å². The Morgan fingerprint density at radius 1 is 1.07 bits per heavy atom. The van der Waals surface area contributed by atoms with E-state index in [2.05, 4.69) is 6.92 Å². The summed E-state index contributed by atoms with van der Waals surface area (Å²) in [7, 11) is 1.69. The van der Waals surface area contributed by atoms with Gasteiger partial charge in [0, 0.05) is 7.05 Å². The Balaban J connectivity index is 1.76. The summed E-state index contributed by atoms with van der Waals surface area (Å²) in [5.41, 5.74) is 1.54. The molecule has 0 spiro atoms. The molecule has 1 aromatic heterocycles. The number of carbonyl (C=O) groups excluding carboxylic acids is 1. The number of unbranched alkanes of at least 4 members (excludes halogenated alkanes) is 1. The first kappa shape index (κ1) is 17.3. The summed E-state index contributed by atoms with van der Waals surface area (Å²) < 4.78 is 11.5. The molecule has 0 bridgehead atoms. The van der Waals surface area contributed by atoms with Crippen molar-refractivity contribution in [3.63, 3.8) is 0 Å². The quantitative estimate of drug-likeness (QED) is 0.639. The molecule has 138 valence electrons. The molecule has 0 N–H and O–H groups in total. The van der Waals surface area contributed by atoms with E-state index in [0.29, 0.717) is 23.1 Å². The lowest BCUT2D eigenvalue weighted by molar-refractivity contribution is 0.0771. The van der Waals surface area contributed by atoms with Gasteiger partial charge in [-0.15, -0.1) is 0 Å². The molecule has 0 radical (unpaired) electrons. The molecule has 5 nitrogen and oxygen atoms in total. The van der Waals surface area contributed by atoms with Gasteiger partial charge < -0.3 is 14.1 Å². The van der Waals surface area contributed by atoms with E-state index >= 15 is 0 Å². The number of amides is 1. The van der Waals surface area contributed by atoms with Crippen molar-refractivity contribution in [3.8, 4) is 5.75 Å². The number of para-hydroxylation sites is 1. The Labute approximate surface area is 157 Å². The van der Waals surface area contributed by atoms with E-state index in [9.17, 15) is 9.59 Å². The maximum atomic E-state index is 13.1. The number of ether oxygens (including phenoxy) is 1. The van der Waals surface area contributed by atoms with E-state index in [1.807, 2.05) is 24.3 Å². The first-order chi connectivity index (χ1) is 13.1. The molecule has 0 aliphatic carbocycles. The van der Waals surface area contributed by atoms with E-state index in [-0.39, 0.29) is 17.1 Å². The molecule has 0 saturated heterocycles. The van der Waals surface area contributed by atoms with Gasteiger partial charge in [-0.05, 0) is 36.2 Å². The maximum absolute atomic E-state index is 13.1. The van der Waals surface area contributed by atoms with Crippen molar-refractivity contribution in [2.75, 3.05) is 13.7 Å². The first-order valence-corrected chi connectivity index (χ1v) is 9.17. The number of benzene rings is 2. The second-order valence-corrected chi connectivity index (χ2v) is 6.76. The van der Waals surface area contributed by atoms with Gasteiger partial charge in [-0.3, -0.25) is 9.59 Å². The number of rotatable bonds is 5. The van der Waals surface area contributed by atoms with Gasteiger partial charge in [0.25, 0.3) is 5.91 Å². The van der Waals surface area contributed by atoms with Crippen LogP contribution in [-0.2, 0) is 0 Å². The van der Waals surface area contributed by atoms with Gasteiger partial charge in [0.15, 0.2) is 5.43 Å². The monoisotopic (exact) mass is 363 g/mol. The highest BCUT2D eigenvalue weighted by molar-refractivity contribution is 5.98. The lowest BCUT2D eigenvalue weighted by Crippen LogP contribution is -2.25. The molecule has 1 aliphatic heterocycles. The second kappa shape index (κ2) is 6.91. The third-order valence-electron chi connectivity index (χ3n) is 4.97. The zero-order chi connectivity index (χ0) is 19.0. The number of carbonyl (C=O) groups is 1. The Bertz CT molecular complexity index is 1050. The fourth-order valence-electron chi connectivity index (χ4n) is 3.51. The maximum Gasteiger partial charge on any atom is 0.290 e. The molecule has 0 saturated carbocycles. The molecule has 0 fully saturated rings. The Morgan fingerprint density at radius 2 is 1.81 bits per heavy atom. The van der Waals surface area contributed by atoms with Crippen LogP contribution < -0.4 is 10.2 Å². The summed E-state index contributed by atoms with van der Waals surface area (Å²) in [5, 5.41) is 0.490. The minimum absolute atomic E-state index is 0.134. The van der Waals surface area contributed by atoms with Crippen LogP contribution in [0.2, 0.25) is 0 Å². The normalized spacial score (nSPS) is 16.0. The molecular weight excluding hydrogens is 342 g/mol. The van der Waals surface area contributed by atoms with E-state index in [1.54, 1.807) is 36.2 Å². The Kier molecular flexibility index (Phi) is 4.44. The summed E-state index contributed by atoms with van der Waals surface area (Å²) in [6.45, 7) is 2.79. The SMILES string of the molecule is CCCCOc1ccc(C2c3c(oc4ccccc4c3=O)C(=O)N2C)cc1. The fraction of sp³-hybridized carbons (Fsp3) is 0.273. The minimum atomic E-state index is -0.460. The van der Waals surface area contributed by atoms with Crippen LogP contribution in [0.3, 0.4) is 0 Å². The molecule has 27 heavy (non-hydrogen) atoms. The summed E-state index contributed by atoms with van der Waals surface area (Å²) in [4.78, 5) is 27.3. The van der Waals surface area contributed by atoms with Crippen molar-refractivity contribution in [2.45, 2.75) is 25.8 Å². The van der Waals surface area contributed by atoms with Crippen molar-refractivity contribution < 1.29 is 13.9 Å². The van der Waals surface area contributed by atoms with E-state index < -0.39 is 6.04 Å². The average Bonchev–Trinajstić information content (AvgIpc) is 2.94. The molecule has 2 aromatic carbocycles. The van der Waals surface area contributed by atoms with Gasteiger partial charge in [0.1, 0.15) is 11.3 Å². The standard InChI is InChI=1S/C22H21NO4/c1-3-4-13-26-15-11-9-14(10-12-15)19-18-20(24)16-7-5-6-8-17(16)27-21(18)22(25)23(19)2/h5-12,19H,3-4,13H2,1-2H3. The van der Waals surface area contributed by atoms with Crippen molar-refractivity contribution in [1.82, 2.24) is 4.90 Å². The third-order valence-corrected chi connectivity index (χ3v) is 4.97. The molecule has 2 heterocycles. The minimum Gasteiger partial charge on any atom is -0.494 e. The van der Waals surface area contributed by atoms with Crippen LogP contribution >= 0.6 is 0 Å². The average molecular weight is 363 g/mol. The molecular formula is C22H21NO4. The van der Waals surface area contributed by atoms with Crippen LogP contribution in [0.15, 0.2) is 57.7 Å². The summed E-state index contributed by atoms with van der Waals surface area (Å²) >= 11 is 0. The molecule has 5 heteroatoms. The topological polar surface area (TPSA) is 59.8 Å². The van der Waals surface area contributed by atoms with Crippen molar-refractivity contribution >= 4 is 16.9 Å². The van der Waals surface area contributed by atoms with Crippen molar-refractivity contribution in [1.29, 1.82) is 0 Å². The summed E-state index contributed by atoms with van der Waals surface area (Å²) in [5.74, 6) is 0.639. The van der Waals surface area contributed by atoms with Crippen LogP contribution in [0.5, 0.6) is 5.75 Å². The zero-order valence-corrected chi connectivity index (χ0v) is 15.4. The summed E-state index contributed by atoms with van der Waals surface area (Å²) in [6.07, 6.45) is 2.08. The molecule has 1 aliphatic rings. The highest BCUT2D eigenvalue weighted by Gasteiger charge is 2.40. The highest BCUT2D eigenvalue weighted by atomic mass is 16.5. The van der Waals surface area contributed by atoms with Gasteiger partial charge in [0.05, 0.1) is 23.6 Å². The largest absolute Gasteiger partial charge is 0.494 e. The van der Waals surface area contributed by atoms with Gasteiger partial charge >= 0.3 is 0 Å². The van der Waals surface area contributed by atoms with Gasteiger partial charge in [0.2, 0.25) is 5.76 Å². The molecule has 4 rings (SSSR count). The lowest BCUT2D eigenvalue weighted by atomic mass is 9.99. The lowest BCUT2D eigenvalue weighted by Gasteiger charge is -2.20. The van der Waals surface area contributed by atoms with Gasteiger partial charge in [-0.25, -0.2) is 0 Å². The fourth-order valence-corrected chi connectivity index (χ4v) is 3.51. The smallest absolute Gasteiger partial charge is 0.290 e. The third kappa shape index (κ3) is 2.89. The van der Waals surface area contributed by atoms with Gasteiger partial charge in [-0.1, -0.05) is 37.6 Å². The first-order valence-electron chi connectivity index (χ1n) is 9.17. The summed E-state index contributed by atoms with van der Waals surface area (Å²) in [6, 6.07) is 14.1. The number of hydrogen-bond donors (Lipinski definition) is 0. The van der Waals surface area contributed by atoms with E-state index in [4.69, 9.17) is 9.15 Å². The van der Waals surface area contributed by atoms with Crippen LogP contribution in [0.4, 0.5) is 0 Å². The van der Waals surface area contributed by atoms with Crippen LogP contribution in [-0.4, -0.2) is 24.5 Å². The second-order valence-electron chi connectivity index (χ2n) is 6.76. The predicted octanol–water partition coefficient (Wildman–Crippen LogP) is 4.15. The molecule has 3 aromatic rings. The molecule has 1 unspecified atom stereocenters. The van der Waals surface area contributed by atoms with Crippen LogP contribution in [0.25, 0.3) is 11.0 Å². The van der Waals surface area contributed by atoms with Crippen LogP contribution in [0, 0.1) is 0 Å². The van der Waals surface area contributed by atoms with E-state index in [1.165, 1.54) is 0 Å². The highest BCUT2D eigenvalue weighted by Crippen LogP contribution is 2.37. The van der Waals surface area contributed by atoms with Gasteiger partial charge in [-0.2, -0.15) is 0 Å². The molecule has 1 atom stereocenters. The number of fused-ring (bicyclic) bond motifs is 2.